The molecule has 1 atom stereocenters. The van der Waals surface area contributed by atoms with Gasteiger partial charge in [-0.25, -0.2) is 13.2 Å². The molecule has 0 bridgehead atoms. The Bertz CT molecular complexity index is 1100. The van der Waals surface area contributed by atoms with Crippen LogP contribution in [0.2, 0.25) is 0 Å². The average Bonchev–Trinajstić information content (AvgIpc) is 3.26. The van der Waals surface area contributed by atoms with Gasteiger partial charge in [-0.05, 0) is 25.5 Å². The second-order valence-corrected chi connectivity index (χ2v) is 8.79. The number of hydrogen-bond donors (Lipinski definition) is 1. The molecule has 0 radical (unpaired) electrons. The number of amides is 1. The van der Waals surface area contributed by atoms with Crippen molar-refractivity contribution in [2.24, 2.45) is 5.16 Å². The zero-order valence-corrected chi connectivity index (χ0v) is 18.2. The third-order valence-electron chi connectivity index (χ3n) is 4.94. The quantitative estimate of drug-likeness (QED) is 0.544. The van der Waals surface area contributed by atoms with Crippen molar-refractivity contribution in [2.75, 3.05) is 6.54 Å². The van der Waals surface area contributed by atoms with Gasteiger partial charge in [0.1, 0.15) is 23.2 Å². The maximum atomic E-state index is 14.2. The molecular weight excluding hydrogens is 474 g/mol. The summed E-state index contributed by atoms with van der Waals surface area (Å²) in [6, 6.07) is 2.67. The molecular formula is C21H18F6N2O3S. The third kappa shape index (κ3) is 5.73. The first-order chi connectivity index (χ1) is 15.3. The number of thiophene rings is 1. The molecule has 1 unspecified atom stereocenters. The molecule has 0 fully saturated rings. The fourth-order valence-corrected chi connectivity index (χ4v) is 4.40. The number of halogens is 6. The minimum Gasteiger partial charge on any atom is -0.384 e. The maximum Gasteiger partial charge on any atom is 0.389 e. The predicted molar refractivity (Wildman–Crippen MR) is 108 cm³/mol. The molecule has 1 amide bonds. The molecule has 0 saturated heterocycles. The molecule has 2 aromatic rings. The SMILES string of the molecule is Cc1cc(C2=NOC(C)(c3c(F)cc(F)cc3F)C2)sc1C(=O)NCC(=O)CCC(F)(F)F. The van der Waals surface area contributed by atoms with Gasteiger partial charge in [0, 0.05) is 25.0 Å². The lowest BCUT2D eigenvalue weighted by Gasteiger charge is -2.22. The molecule has 2 heterocycles. The zero-order valence-electron chi connectivity index (χ0n) is 17.4. The normalized spacial score (nSPS) is 18.1. The van der Waals surface area contributed by atoms with Gasteiger partial charge < -0.3 is 10.2 Å². The van der Waals surface area contributed by atoms with Crippen molar-refractivity contribution in [3.05, 3.63) is 56.5 Å². The first kappa shape index (κ1) is 24.7. The molecule has 178 valence electrons. The van der Waals surface area contributed by atoms with Gasteiger partial charge in [-0.3, -0.25) is 9.59 Å². The van der Waals surface area contributed by atoms with E-state index in [1.165, 1.54) is 6.92 Å². The van der Waals surface area contributed by atoms with Crippen molar-refractivity contribution in [1.82, 2.24) is 5.32 Å². The lowest BCUT2D eigenvalue weighted by Crippen LogP contribution is -2.29. The Morgan fingerprint density at radius 2 is 1.82 bits per heavy atom. The van der Waals surface area contributed by atoms with Crippen molar-refractivity contribution in [3.8, 4) is 0 Å². The second-order valence-electron chi connectivity index (χ2n) is 7.74. The van der Waals surface area contributed by atoms with Gasteiger partial charge in [0.15, 0.2) is 11.4 Å². The molecule has 1 aliphatic rings. The number of Topliss-reactive ketones (excluding diaryl/α,β-unsaturated/α-hetero) is 1. The number of alkyl halides is 3. The van der Waals surface area contributed by atoms with Gasteiger partial charge in [0.25, 0.3) is 5.91 Å². The summed E-state index contributed by atoms with van der Waals surface area (Å²) in [7, 11) is 0. The average molecular weight is 492 g/mol. The largest absolute Gasteiger partial charge is 0.389 e. The Morgan fingerprint density at radius 3 is 2.42 bits per heavy atom. The van der Waals surface area contributed by atoms with Gasteiger partial charge in [0.2, 0.25) is 0 Å². The maximum absolute atomic E-state index is 14.2. The highest BCUT2D eigenvalue weighted by molar-refractivity contribution is 7.16. The van der Waals surface area contributed by atoms with Crippen molar-refractivity contribution >= 4 is 28.7 Å². The fourth-order valence-electron chi connectivity index (χ4n) is 3.33. The minimum absolute atomic E-state index is 0.0661. The second kappa shape index (κ2) is 9.16. The van der Waals surface area contributed by atoms with Gasteiger partial charge in [-0.1, -0.05) is 5.16 Å². The number of oxime groups is 1. The van der Waals surface area contributed by atoms with Crippen LogP contribution in [0.25, 0.3) is 0 Å². The van der Waals surface area contributed by atoms with Crippen LogP contribution in [0.3, 0.4) is 0 Å². The summed E-state index contributed by atoms with van der Waals surface area (Å²) >= 11 is 0.979. The summed E-state index contributed by atoms with van der Waals surface area (Å²) in [4.78, 5) is 29.9. The van der Waals surface area contributed by atoms with E-state index in [0.29, 0.717) is 28.3 Å². The Kier molecular flexibility index (Phi) is 6.87. The van der Waals surface area contributed by atoms with E-state index < -0.39 is 65.9 Å². The number of nitrogens with zero attached hydrogens (tertiary/aromatic N) is 1. The highest BCUT2D eigenvalue weighted by Gasteiger charge is 2.42. The molecule has 1 N–H and O–H groups in total. The predicted octanol–water partition coefficient (Wildman–Crippen LogP) is 5.16. The third-order valence-corrected chi connectivity index (χ3v) is 6.22. The summed E-state index contributed by atoms with van der Waals surface area (Å²) in [6.45, 7) is 2.45. The highest BCUT2D eigenvalue weighted by atomic mass is 32.1. The number of ketones is 1. The van der Waals surface area contributed by atoms with Crippen molar-refractivity contribution in [2.45, 2.75) is 44.9 Å². The van der Waals surface area contributed by atoms with Crippen molar-refractivity contribution < 1.29 is 40.8 Å². The van der Waals surface area contributed by atoms with Crippen molar-refractivity contribution in [1.29, 1.82) is 0 Å². The van der Waals surface area contributed by atoms with Gasteiger partial charge >= 0.3 is 6.18 Å². The zero-order chi connectivity index (χ0) is 24.6. The van der Waals surface area contributed by atoms with E-state index in [2.05, 4.69) is 10.5 Å². The number of nitrogens with one attached hydrogen (secondary N) is 1. The standard InChI is InChI=1S/C21H18F6N2O3S/c1-10-5-16(33-18(10)19(31)28-9-12(30)3-4-21(25,26)27)15-8-20(2,32-29-15)17-13(23)6-11(22)7-14(17)24/h5-7H,3-4,8-9H2,1-2H3,(H,28,31). The van der Waals surface area contributed by atoms with Crippen molar-refractivity contribution in [3.63, 3.8) is 0 Å². The molecule has 33 heavy (non-hydrogen) atoms. The summed E-state index contributed by atoms with van der Waals surface area (Å²) in [5.74, 6) is -4.73. The van der Waals surface area contributed by atoms with E-state index in [9.17, 15) is 35.9 Å². The molecule has 12 heteroatoms. The number of carbonyl (C=O) groups excluding carboxylic acids is 2. The van der Waals surface area contributed by atoms with Crippen LogP contribution in [0, 0.1) is 24.4 Å². The molecule has 0 spiro atoms. The molecule has 3 rings (SSSR count). The Morgan fingerprint density at radius 1 is 1.18 bits per heavy atom. The van der Waals surface area contributed by atoms with E-state index in [0.717, 1.165) is 11.3 Å². The smallest absolute Gasteiger partial charge is 0.384 e. The van der Waals surface area contributed by atoms with Crippen LogP contribution in [0.15, 0.2) is 23.4 Å². The topological polar surface area (TPSA) is 67.8 Å². The molecule has 1 aliphatic heterocycles. The Balaban J connectivity index is 1.68. The first-order valence-corrected chi connectivity index (χ1v) is 10.5. The molecule has 1 aromatic carbocycles. The van der Waals surface area contributed by atoms with Crippen LogP contribution in [-0.2, 0) is 15.2 Å². The van der Waals surface area contributed by atoms with Gasteiger partial charge in [-0.15, -0.1) is 11.3 Å². The fraction of sp³-hybridized carbons (Fsp3) is 0.381. The number of aryl methyl sites for hydroxylation is 1. The van der Waals surface area contributed by atoms with Gasteiger partial charge in [0.05, 0.1) is 28.3 Å². The lowest BCUT2D eigenvalue weighted by atomic mass is 9.89. The molecule has 1 aromatic heterocycles. The number of benzene rings is 1. The van der Waals surface area contributed by atoms with Crippen LogP contribution < -0.4 is 5.32 Å². The van der Waals surface area contributed by atoms with E-state index in [-0.39, 0.29) is 11.3 Å². The number of carbonyl (C=O) groups is 2. The summed E-state index contributed by atoms with van der Waals surface area (Å²) in [5, 5.41) is 6.17. The molecule has 0 saturated carbocycles. The number of hydrogen-bond acceptors (Lipinski definition) is 5. The Hall–Kier alpha value is -2.89. The van der Waals surface area contributed by atoms with Crippen LogP contribution in [-0.4, -0.2) is 30.1 Å². The van der Waals surface area contributed by atoms with E-state index in [1.807, 2.05) is 0 Å². The van der Waals surface area contributed by atoms with Crippen LogP contribution >= 0.6 is 11.3 Å². The van der Waals surface area contributed by atoms with E-state index in [4.69, 9.17) is 4.84 Å². The van der Waals surface area contributed by atoms with Crippen LogP contribution in [0.4, 0.5) is 26.3 Å². The minimum atomic E-state index is -4.46. The Labute approximate surface area is 188 Å². The van der Waals surface area contributed by atoms with Gasteiger partial charge in [-0.2, -0.15) is 13.2 Å². The summed E-state index contributed by atoms with van der Waals surface area (Å²) < 4.78 is 78.3. The van der Waals surface area contributed by atoms with Crippen LogP contribution in [0.1, 0.15) is 51.9 Å². The number of rotatable bonds is 7. The van der Waals surface area contributed by atoms with Crippen LogP contribution in [0.5, 0.6) is 0 Å². The highest BCUT2D eigenvalue weighted by Crippen LogP contribution is 2.40. The van der Waals surface area contributed by atoms with E-state index >= 15 is 0 Å². The monoisotopic (exact) mass is 492 g/mol. The summed E-state index contributed by atoms with van der Waals surface area (Å²) in [6.07, 6.45) is -6.53. The summed E-state index contributed by atoms with van der Waals surface area (Å²) in [5.41, 5.74) is -1.21. The molecule has 0 aliphatic carbocycles. The first-order valence-electron chi connectivity index (χ1n) is 9.66. The lowest BCUT2D eigenvalue weighted by molar-refractivity contribution is -0.142. The van der Waals surface area contributed by atoms with E-state index in [1.54, 1.807) is 13.0 Å². The molecule has 5 nitrogen and oxygen atoms in total.